The van der Waals surface area contributed by atoms with Crippen LogP contribution in [0.15, 0.2) is 18.2 Å². The van der Waals surface area contributed by atoms with Crippen LogP contribution < -0.4 is 20.1 Å². The Kier molecular flexibility index (Phi) is 5.24. The number of benzene rings is 1. The van der Waals surface area contributed by atoms with Crippen LogP contribution in [0.3, 0.4) is 0 Å². The number of hydrogen-bond acceptors (Lipinski definition) is 4. The first-order valence-corrected chi connectivity index (χ1v) is 7.02. The third-order valence-electron chi connectivity index (χ3n) is 3.39. The summed E-state index contributed by atoms with van der Waals surface area (Å²) in [6.45, 7) is 4.03. The zero-order chi connectivity index (χ0) is 14.4. The van der Waals surface area contributed by atoms with Gasteiger partial charge < -0.3 is 20.1 Å². The fraction of sp³-hybridized carbons (Fsp3) is 0.533. The van der Waals surface area contributed by atoms with Gasteiger partial charge in [0.05, 0.1) is 13.7 Å². The van der Waals surface area contributed by atoms with Crippen LogP contribution >= 0.6 is 0 Å². The minimum Gasteiger partial charge on any atom is -0.493 e. The Bertz CT molecular complexity index is 452. The highest BCUT2D eigenvalue weighted by Gasteiger charge is 2.17. The molecule has 0 spiro atoms. The molecule has 1 aliphatic heterocycles. The first-order chi connectivity index (χ1) is 9.72. The summed E-state index contributed by atoms with van der Waals surface area (Å²) < 4.78 is 10.8. The van der Waals surface area contributed by atoms with Crippen molar-refractivity contribution in [3.05, 3.63) is 23.8 Å². The second-order valence-electron chi connectivity index (χ2n) is 4.84. The number of nitrogens with one attached hydrogen (secondary N) is 2. The highest BCUT2D eigenvalue weighted by atomic mass is 16.5. The summed E-state index contributed by atoms with van der Waals surface area (Å²) in [7, 11) is 1.64. The predicted octanol–water partition coefficient (Wildman–Crippen LogP) is 1.46. The van der Waals surface area contributed by atoms with E-state index in [1.165, 1.54) is 0 Å². The van der Waals surface area contributed by atoms with E-state index in [1.54, 1.807) is 7.11 Å². The van der Waals surface area contributed by atoms with Gasteiger partial charge in [0.2, 0.25) is 5.91 Å². The summed E-state index contributed by atoms with van der Waals surface area (Å²) in [5.74, 6) is 1.66. The quantitative estimate of drug-likeness (QED) is 0.827. The molecule has 1 aromatic rings. The van der Waals surface area contributed by atoms with Crippen LogP contribution in [0.25, 0.3) is 0 Å². The molecule has 0 bridgehead atoms. The smallest absolute Gasteiger partial charge is 0.220 e. The number of methoxy groups -OCH3 is 1. The van der Waals surface area contributed by atoms with Gasteiger partial charge in [0, 0.05) is 25.6 Å². The van der Waals surface area contributed by atoms with E-state index in [4.69, 9.17) is 9.47 Å². The van der Waals surface area contributed by atoms with Gasteiger partial charge in [-0.2, -0.15) is 0 Å². The molecule has 0 aliphatic carbocycles. The maximum absolute atomic E-state index is 11.1. The van der Waals surface area contributed by atoms with Crippen LogP contribution in [0.5, 0.6) is 11.5 Å². The number of carbonyl (C=O) groups is 1. The minimum atomic E-state index is 0.144. The van der Waals surface area contributed by atoms with E-state index in [0.717, 1.165) is 30.0 Å². The summed E-state index contributed by atoms with van der Waals surface area (Å²) in [4.78, 5) is 11.1. The number of carbonyl (C=O) groups excluding carboxylic acids is 1. The lowest BCUT2D eigenvalue weighted by Crippen LogP contribution is -2.45. The summed E-state index contributed by atoms with van der Waals surface area (Å²) in [5.41, 5.74) is 1.14. The molecule has 1 aliphatic rings. The Balaban J connectivity index is 1.91. The average Bonchev–Trinajstić information content (AvgIpc) is 2.48. The lowest BCUT2D eigenvalue weighted by molar-refractivity contribution is -0.122. The molecule has 1 saturated heterocycles. The molecule has 1 heterocycles. The second-order valence-corrected chi connectivity index (χ2v) is 4.84. The maximum atomic E-state index is 11.1. The van der Waals surface area contributed by atoms with Gasteiger partial charge in [0.15, 0.2) is 11.5 Å². The molecular formula is C15H22N2O3. The zero-order valence-electron chi connectivity index (χ0n) is 12.1. The van der Waals surface area contributed by atoms with Gasteiger partial charge in [-0.3, -0.25) is 4.79 Å². The van der Waals surface area contributed by atoms with Crippen molar-refractivity contribution in [2.24, 2.45) is 0 Å². The number of rotatable bonds is 6. The number of piperidine rings is 1. The van der Waals surface area contributed by atoms with Crippen molar-refractivity contribution in [3.63, 3.8) is 0 Å². The van der Waals surface area contributed by atoms with Crippen molar-refractivity contribution < 1.29 is 14.3 Å². The Hall–Kier alpha value is -1.75. The van der Waals surface area contributed by atoms with Gasteiger partial charge in [-0.1, -0.05) is 6.07 Å². The third-order valence-corrected chi connectivity index (χ3v) is 3.39. The Morgan fingerprint density at radius 2 is 2.25 bits per heavy atom. The molecule has 1 fully saturated rings. The van der Waals surface area contributed by atoms with Crippen LogP contribution in [0.2, 0.25) is 0 Å². The second kappa shape index (κ2) is 7.14. The number of hydrogen-bond donors (Lipinski definition) is 2. The summed E-state index contributed by atoms with van der Waals surface area (Å²) in [6.07, 6.45) is 1.49. The normalized spacial score (nSPS) is 18.5. The van der Waals surface area contributed by atoms with E-state index < -0.39 is 0 Å². The monoisotopic (exact) mass is 278 g/mol. The molecule has 20 heavy (non-hydrogen) atoms. The van der Waals surface area contributed by atoms with Gasteiger partial charge in [-0.25, -0.2) is 0 Å². The zero-order valence-corrected chi connectivity index (χ0v) is 12.1. The lowest BCUT2D eigenvalue weighted by atomic mass is 10.1. The van der Waals surface area contributed by atoms with Crippen LogP contribution in [0, 0.1) is 0 Å². The maximum Gasteiger partial charge on any atom is 0.220 e. The fourth-order valence-electron chi connectivity index (χ4n) is 2.27. The molecule has 110 valence electrons. The van der Waals surface area contributed by atoms with Crippen molar-refractivity contribution in [1.29, 1.82) is 0 Å². The van der Waals surface area contributed by atoms with Gasteiger partial charge >= 0.3 is 0 Å². The molecule has 0 aromatic heterocycles. The third kappa shape index (κ3) is 3.87. The van der Waals surface area contributed by atoms with Crippen molar-refractivity contribution in [1.82, 2.24) is 10.6 Å². The van der Waals surface area contributed by atoms with Gasteiger partial charge in [-0.05, 0) is 31.0 Å². The Labute approximate surface area is 119 Å². The van der Waals surface area contributed by atoms with E-state index in [-0.39, 0.29) is 5.91 Å². The molecule has 1 amide bonds. The standard InChI is InChI=1S/C15H22N2O3/c1-3-20-13-6-4-11(8-14(13)19-2)9-16-12-5-7-15(18)17-10-12/h4,6,8,12,16H,3,5,7,9-10H2,1-2H3,(H,17,18). The molecule has 0 saturated carbocycles. The average molecular weight is 278 g/mol. The molecule has 1 unspecified atom stereocenters. The van der Waals surface area contributed by atoms with Crippen molar-refractivity contribution in [3.8, 4) is 11.5 Å². The summed E-state index contributed by atoms with van der Waals surface area (Å²) in [5, 5.41) is 6.32. The van der Waals surface area contributed by atoms with E-state index in [1.807, 2.05) is 25.1 Å². The topological polar surface area (TPSA) is 59.6 Å². The summed E-state index contributed by atoms with van der Waals surface area (Å²) in [6, 6.07) is 6.29. The van der Waals surface area contributed by atoms with Gasteiger partial charge in [0.25, 0.3) is 0 Å². The fourth-order valence-corrected chi connectivity index (χ4v) is 2.27. The molecule has 5 nitrogen and oxygen atoms in total. The molecule has 5 heteroatoms. The highest BCUT2D eigenvalue weighted by Crippen LogP contribution is 2.28. The van der Waals surface area contributed by atoms with Crippen LogP contribution in [-0.2, 0) is 11.3 Å². The SMILES string of the molecule is CCOc1ccc(CNC2CCC(=O)NC2)cc1OC. The number of amides is 1. The number of ether oxygens (including phenoxy) is 2. The molecule has 1 atom stereocenters. The van der Waals surface area contributed by atoms with Crippen molar-refractivity contribution in [2.45, 2.75) is 32.4 Å². The van der Waals surface area contributed by atoms with E-state index >= 15 is 0 Å². The minimum absolute atomic E-state index is 0.144. The van der Waals surface area contributed by atoms with Gasteiger partial charge in [0.1, 0.15) is 0 Å². The Morgan fingerprint density at radius 1 is 1.40 bits per heavy atom. The first kappa shape index (κ1) is 14.7. The van der Waals surface area contributed by atoms with E-state index in [2.05, 4.69) is 10.6 Å². The molecule has 2 N–H and O–H groups in total. The molecule has 0 radical (unpaired) electrons. The van der Waals surface area contributed by atoms with Crippen LogP contribution in [0.1, 0.15) is 25.3 Å². The lowest BCUT2D eigenvalue weighted by Gasteiger charge is -2.23. The van der Waals surface area contributed by atoms with Crippen LogP contribution in [0.4, 0.5) is 0 Å². The van der Waals surface area contributed by atoms with Crippen molar-refractivity contribution in [2.75, 3.05) is 20.3 Å². The molecular weight excluding hydrogens is 256 g/mol. The molecule has 2 rings (SSSR count). The highest BCUT2D eigenvalue weighted by molar-refractivity contribution is 5.76. The molecule has 1 aromatic carbocycles. The largest absolute Gasteiger partial charge is 0.493 e. The summed E-state index contributed by atoms with van der Waals surface area (Å²) >= 11 is 0. The first-order valence-electron chi connectivity index (χ1n) is 7.02. The van der Waals surface area contributed by atoms with Crippen LogP contribution in [-0.4, -0.2) is 32.2 Å². The van der Waals surface area contributed by atoms with E-state index in [9.17, 15) is 4.79 Å². The van der Waals surface area contributed by atoms with Crippen molar-refractivity contribution >= 4 is 5.91 Å². The van der Waals surface area contributed by atoms with Gasteiger partial charge in [-0.15, -0.1) is 0 Å². The Morgan fingerprint density at radius 3 is 2.90 bits per heavy atom. The predicted molar refractivity (Wildman–Crippen MR) is 77.0 cm³/mol. The van der Waals surface area contributed by atoms with E-state index in [0.29, 0.717) is 25.6 Å².